The largest absolute Gasteiger partial charge is 0.351 e. The molecule has 0 atom stereocenters. The van der Waals surface area contributed by atoms with Crippen molar-refractivity contribution in [2.24, 2.45) is 5.73 Å². The SMILES string of the molecule is CN(CCCc1ccc(CN)cc1)CCN(C)C(=O)c1cc2cc(Cl)ccc2[nH]1.Cl.Cl. The van der Waals surface area contributed by atoms with Crippen molar-refractivity contribution in [3.8, 4) is 0 Å². The lowest BCUT2D eigenvalue weighted by Crippen LogP contribution is -2.35. The number of aromatic amines is 1. The van der Waals surface area contributed by atoms with E-state index in [1.165, 1.54) is 5.56 Å². The number of aryl methyl sites for hydroxylation is 1. The molecule has 0 bridgehead atoms. The maximum absolute atomic E-state index is 12.7. The van der Waals surface area contributed by atoms with Gasteiger partial charge >= 0.3 is 0 Å². The second-order valence-electron chi connectivity index (χ2n) is 7.57. The third-order valence-electron chi connectivity index (χ3n) is 5.24. The lowest BCUT2D eigenvalue weighted by molar-refractivity contribution is 0.0778. The first-order chi connectivity index (χ1) is 14.0. The van der Waals surface area contributed by atoms with E-state index in [0.717, 1.165) is 42.4 Å². The van der Waals surface area contributed by atoms with Crippen LogP contribution in [0.15, 0.2) is 48.5 Å². The summed E-state index contributed by atoms with van der Waals surface area (Å²) in [7, 11) is 3.94. The van der Waals surface area contributed by atoms with Crippen molar-refractivity contribution in [2.75, 3.05) is 33.7 Å². The van der Waals surface area contributed by atoms with Crippen LogP contribution in [0.1, 0.15) is 28.0 Å². The summed E-state index contributed by atoms with van der Waals surface area (Å²) in [5.41, 5.74) is 9.65. The van der Waals surface area contributed by atoms with Crippen LogP contribution in [-0.2, 0) is 13.0 Å². The van der Waals surface area contributed by atoms with Crippen molar-refractivity contribution < 1.29 is 4.79 Å². The van der Waals surface area contributed by atoms with Crippen LogP contribution in [-0.4, -0.2) is 54.4 Å². The molecule has 0 aliphatic carbocycles. The number of nitrogens with zero attached hydrogens (tertiary/aromatic N) is 2. The summed E-state index contributed by atoms with van der Waals surface area (Å²) in [5, 5.41) is 1.62. The Kier molecular flexibility index (Phi) is 11.4. The molecule has 0 unspecified atom stereocenters. The van der Waals surface area contributed by atoms with Crippen molar-refractivity contribution in [2.45, 2.75) is 19.4 Å². The van der Waals surface area contributed by atoms with E-state index in [9.17, 15) is 4.79 Å². The van der Waals surface area contributed by atoms with Gasteiger partial charge in [-0.15, -0.1) is 24.8 Å². The number of amides is 1. The fourth-order valence-corrected chi connectivity index (χ4v) is 3.53. The third kappa shape index (κ3) is 7.70. The van der Waals surface area contributed by atoms with E-state index in [1.54, 1.807) is 4.90 Å². The molecule has 31 heavy (non-hydrogen) atoms. The summed E-state index contributed by atoms with van der Waals surface area (Å²) in [6.07, 6.45) is 2.13. The Bertz CT molecular complexity index is 959. The topological polar surface area (TPSA) is 65.4 Å². The average Bonchev–Trinajstić information content (AvgIpc) is 3.15. The van der Waals surface area contributed by atoms with E-state index in [-0.39, 0.29) is 30.7 Å². The molecule has 0 radical (unpaired) electrons. The van der Waals surface area contributed by atoms with Gasteiger partial charge in [0, 0.05) is 42.6 Å². The molecular formula is C23H31Cl3N4O. The summed E-state index contributed by atoms with van der Waals surface area (Å²) >= 11 is 6.03. The number of carbonyl (C=O) groups is 1. The van der Waals surface area contributed by atoms with Gasteiger partial charge in [0.25, 0.3) is 5.91 Å². The number of carbonyl (C=O) groups excluding carboxylic acids is 1. The smallest absolute Gasteiger partial charge is 0.270 e. The number of H-pyrrole nitrogens is 1. The Labute approximate surface area is 201 Å². The number of likely N-dealkylation sites (N-methyl/N-ethyl adjacent to an activating group) is 2. The normalized spacial score (nSPS) is 10.6. The van der Waals surface area contributed by atoms with Crippen LogP contribution in [0.3, 0.4) is 0 Å². The van der Waals surface area contributed by atoms with Gasteiger partial charge in [0.05, 0.1) is 0 Å². The first-order valence-corrected chi connectivity index (χ1v) is 10.3. The quantitative estimate of drug-likeness (QED) is 0.459. The molecule has 0 saturated carbocycles. The van der Waals surface area contributed by atoms with Crippen LogP contribution in [0.4, 0.5) is 0 Å². The minimum absolute atomic E-state index is 0. The number of nitrogens with two attached hydrogens (primary N) is 1. The standard InChI is InChI=1S/C23H29ClN4O.2ClH/c1-27(11-3-4-17-5-7-18(16-25)8-6-17)12-13-28(2)23(29)22-15-19-14-20(24)9-10-21(19)26-22;;/h5-10,14-15,26H,3-4,11-13,16,25H2,1-2H3;2*1H. The molecular weight excluding hydrogens is 455 g/mol. The maximum atomic E-state index is 12.7. The molecule has 3 aromatic rings. The van der Waals surface area contributed by atoms with Crippen molar-refractivity contribution in [1.29, 1.82) is 0 Å². The fraction of sp³-hybridized carbons (Fsp3) is 0.348. The van der Waals surface area contributed by atoms with Gasteiger partial charge < -0.3 is 20.5 Å². The lowest BCUT2D eigenvalue weighted by Gasteiger charge is -2.22. The molecule has 170 valence electrons. The summed E-state index contributed by atoms with van der Waals surface area (Å²) in [5.74, 6) is -0.00860. The van der Waals surface area contributed by atoms with Gasteiger partial charge in [0.2, 0.25) is 0 Å². The van der Waals surface area contributed by atoms with Crippen molar-refractivity contribution in [3.63, 3.8) is 0 Å². The molecule has 0 fully saturated rings. The zero-order valence-electron chi connectivity index (χ0n) is 17.9. The predicted octanol–water partition coefficient (Wildman–Crippen LogP) is 4.76. The summed E-state index contributed by atoms with van der Waals surface area (Å²) in [4.78, 5) is 19.9. The van der Waals surface area contributed by atoms with Gasteiger partial charge in [-0.05, 0) is 61.8 Å². The maximum Gasteiger partial charge on any atom is 0.270 e. The minimum atomic E-state index is -0.00860. The highest BCUT2D eigenvalue weighted by Gasteiger charge is 2.15. The number of hydrogen-bond acceptors (Lipinski definition) is 3. The molecule has 5 nitrogen and oxygen atoms in total. The second kappa shape index (κ2) is 12.9. The molecule has 0 aliphatic rings. The van der Waals surface area contributed by atoms with Crippen molar-refractivity contribution >= 4 is 53.2 Å². The van der Waals surface area contributed by atoms with E-state index >= 15 is 0 Å². The zero-order chi connectivity index (χ0) is 20.8. The molecule has 3 N–H and O–H groups in total. The highest BCUT2D eigenvalue weighted by Crippen LogP contribution is 2.20. The highest BCUT2D eigenvalue weighted by atomic mass is 35.5. The molecule has 0 aliphatic heterocycles. The van der Waals surface area contributed by atoms with Crippen LogP contribution in [0.2, 0.25) is 5.02 Å². The Balaban J connectivity index is 0.00000240. The van der Waals surface area contributed by atoms with Gasteiger partial charge in [-0.2, -0.15) is 0 Å². The van der Waals surface area contributed by atoms with Crippen LogP contribution in [0.25, 0.3) is 10.9 Å². The second-order valence-corrected chi connectivity index (χ2v) is 8.01. The summed E-state index contributed by atoms with van der Waals surface area (Å²) in [6.45, 7) is 3.09. The van der Waals surface area contributed by atoms with Gasteiger partial charge in [0.1, 0.15) is 5.69 Å². The Morgan fingerprint density at radius 1 is 0.968 bits per heavy atom. The molecule has 1 heterocycles. The molecule has 1 amide bonds. The monoisotopic (exact) mass is 484 g/mol. The van der Waals surface area contributed by atoms with Gasteiger partial charge in [0.15, 0.2) is 0 Å². The third-order valence-corrected chi connectivity index (χ3v) is 5.48. The number of nitrogens with one attached hydrogen (secondary N) is 1. The predicted molar refractivity (Wildman–Crippen MR) is 135 cm³/mol. The van der Waals surface area contributed by atoms with Crippen LogP contribution < -0.4 is 5.73 Å². The van der Waals surface area contributed by atoms with Gasteiger partial charge in [-0.25, -0.2) is 0 Å². The molecule has 0 saturated heterocycles. The molecule has 2 aromatic carbocycles. The van der Waals surface area contributed by atoms with Gasteiger partial charge in [-0.1, -0.05) is 35.9 Å². The Hall–Kier alpha value is -1.76. The number of rotatable bonds is 9. The van der Waals surface area contributed by atoms with E-state index in [1.807, 2.05) is 31.3 Å². The van der Waals surface area contributed by atoms with E-state index in [4.69, 9.17) is 17.3 Å². The van der Waals surface area contributed by atoms with Crippen molar-refractivity contribution in [3.05, 3.63) is 70.4 Å². The molecule has 1 aromatic heterocycles. The Morgan fingerprint density at radius 3 is 2.32 bits per heavy atom. The number of fused-ring (bicyclic) bond motifs is 1. The Morgan fingerprint density at radius 2 is 1.65 bits per heavy atom. The van der Waals surface area contributed by atoms with Crippen LogP contribution >= 0.6 is 36.4 Å². The molecule has 8 heteroatoms. The number of benzene rings is 2. The van der Waals surface area contributed by atoms with Crippen LogP contribution in [0, 0.1) is 0 Å². The minimum Gasteiger partial charge on any atom is -0.351 e. The van der Waals surface area contributed by atoms with E-state index in [0.29, 0.717) is 23.8 Å². The summed E-state index contributed by atoms with van der Waals surface area (Å²) < 4.78 is 0. The molecule has 0 spiro atoms. The van der Waals surface area contributed by atoms with E-state index in [2.05, 4.69) is 41.2 Å². The zero-order valence-corrected chi connectivity index (χ0v) is 20.3. The fourth-order valence-electron chi connectivity index (χ4n) is 3.35. The average molecular weight is 486 g/mol. The molecule has 3 rings (SSSR count). The first-order valence-electron chi connectivity index (χ1n) is 9.96. The van der Waals surface area contributed by atoms with Gasteiger partial charge in [-0.3, -0.25) is 4.79 Å². The van der Waals surface area contributed by atoms with E-state index < -0.39 is 0 Å². The van der Waals surface area contributed by atoms with Crippen LogP contribution in [0.5, 0.6) is 0 Å². The number of halogens is 3. The first kappa shape index (κ1) is 27.3. The lowest BCUT2D eigenvalue weighted by atomic mass is 10.1. The van der Waals surface area contributed by atoms with Crippen molar-refractivity contribution in [1.82, 2.24) is 14.8 Å². The summed E-state index contributed by atoms with van der Waals surface area (Å²) in [6, 6.07) is 15.9. The highest BCUT2D eigenvalue weighted by molar-refractivity contribution is 6.31. The number of aromatic nitrogens is 1. The number of hydrogen-bond donors (Lipinski definition) is 2.